The Bertz CT molecular complexity index is 1320. The van der Waals surface area contributed by atoms with Gasteiger partial charge in [0.05, 0.1) is 6.04 Å². The molecule has 0 bridgehead atoms. The van der Waals surface area contributed by atoms with Crippen molar-refractivity contribution in [1.29, 1.82) is 0 Å². The lowest BCUT2D eigenvalue weighted by Gasteiger charge is -2.39. The van der Waals surface area contributed by atoms with E-state index < -0.39 is 5.97 Å². The third-order valence-corrected chi connectivity index (χ3v) is 7.33. The number of nitrogens with zero attached hydrogens (tertiary/aromatic N) is 1. The second kappa shape index (κ2) is 8.32. The maximum Gasteiger partial charge on any atom is 0.338 e. The Hall–Kier alpha value is -3.59. The second-order valence-electron chi connectivity index (χ2n) is 9.63. The van der Waals surface area contributed by atoms with Gasteiger partial charge in [0.2, 0.25) is 0 Å². The minimum absolute atomic E-state index is 0.152. The molecule has 3 heteroatoms. The molecule has 1 aliphatic carbocycles. The Morgan fingerprint density at radius 3 is 2.53 bits per heavy atom. The monoisotopic (exact) mass is 449 g/mol. The molecule has 0 N–H and O–H groups in total. The third-order valence-electron chi connectivity index (χ3n) is 7.33. The first kappa shape index (κ1) is 22.2. The maximum atomic E-state index is 12.0. The van der Waals surface area contributed by atoms with Gasteiger partial charge in [-0.1, -0.05) is 62.4 Å². The molecule has 3 nitrogen and oxygen atoms in total. The van der Waals surface area contributed by atoms with Crippen LogP contribution in [0.2, 0.25) is 0 Å². The lowest BCUT2D eigenvalue weighted by Crippen LogP contribution is -2.42. The minimum atomic E-state index is -0.404. The average Bonchev–Trinajstić information content (AvgIpc) is 3.10. The second-order valence-corrected chi connectivity index (χ2v) is 9.63. The SMILES string of the molecule is C=C(C)C(=O)Oc1ccc(N2c3ccc(C)c(CCC)c3C3(C)c4ccccc4C=CC23)cc1. The minimum Gasteiger partial charge on any atom is -0.423 e. The van der Waals surface area contributed by atoms with E-state index in [2.05, 4.69) is 80.8 Å². The Balaban J connectivity index is 1.67. The Morgan fingerprint density at radius 1 is 1.09 bits per heavy atom. The van der Waals surface area contributed by atoms with Crippen LogP contribution in [0.25, 0.3) is 6.08 Å². The van der Waals surface area contributed by atoms with Crippen molar-refractivity contribution < 1.29 is 9.53 Å². The van der Waals surface area contributed by atoms with Crippen LogP contribution in [0.4, 0.5) is 11.4 Å². The fraction of sp³-hybridized carbons (Fsp3) is 0.258. The topological polar surface area (TPSA) is 29.5 Å². The molecule has 5 rings (SSSR count). The van der Waals surface area contributed by atoms with Crippen molar-refractivity contribution in [2.75, 3.05) is 4.90 Å². The molecule has 0 saturated carbocycles. The van der Waals surface area contributed by atoms with Crippen molar-refractivity contribution in [2.24, 2.45) is 0 Å². The number of hydrogen-bond donors (Lipinski definition) is 0. The van der Waals surface area contributed by atoms with Crippen molar-refractivity contribution in [3.8, 4) is 5.75 Å². The van der Waals surface area contributed by atoms with E-state index in [1.165, 1.54) is 33.5 Å². The first-order valence-corrected chi connectivity index (χ1v) is 12.0. The summed E-state index contributed by atoms with van der Waals surface area (Å²) in [6, 6.07) is 21.3. The van der Waals surface area contributed by atoms with Crippen molar-refractivity contribution in [2.45, 2.75) is 52.0 Å². The first-order valence-electron chi connectivity index (χ1n) is 12.0. The smallest absolute Gasteiger partial charge is 0.338 e. The summed E-state index contributed by atoms with van der Waals surface area (Å²) in [4.78, 5) is 14.4. The number of ether oxygens (including phenoxy) is 1. The third kappa shape index (κ3) is 3.30. The average molecular weight is 450 g/mol. The zero-order chi connectivity index (χ0) is 24.0. The van der Waals surface area contributed by atoms with Gasteiger partial charge in [0, 0.05) is 22.4 Å². The molecule has 0 aromatic heterocycles. The molecule has 3 aromatic carbocycles. The van der Waals surface area contributed by atoms with Crippen LogP contribution in [0.5, 0.6) is 5.75 Å². The van der Waals surface area contributed by atoms with Crippen LogP contribution in [0, 0.1) is 6.92 Å². The van der Waals surface area contributed by atoms with Gasteiger partial charge in [-0.15, -0.1) is 0 Å². The summed E-state index contributed by atoms with van der Waals surface area (Å²) < 4.78 is 5.43. The summed E-state index contributed by atoms with van der Waals surface area (Å²) in [5, 5.41) is 0. The number of hydrogen-bond acceptors (Lipinski definition) is 3. The fourth-order valence-corrected chi connectivity index (χ4v) is 5.70. The summed E-state index contributed by atoms with van der Waals surface area (Å²) in [6.45, 7) is 12.2. The van der Waals surface area contributed by atoms with E-state index in [0.29, 0.717) is 11.3 Å². The van der Waals surface area contributed by atoms with Crippen LogP contribution in [0.1, 0.15) is 55.0 Å². The molecule has 1 heterocycles. The van der Waals surface area contributed by atoms with Crippen LogP contribution in [0.3, 0.4) is 0 Å². The molecule has 0 spiro atoms. The van der Waals surface area contributed by atoms with Crippen LogP contribution < -0.4 is 9.64 Å². The van der Waals surface area contributed by atoms with Gasteiger partial charge in [0.25, 0.3) is 0 Å². The van der Waals surface area contributed by atoms with Gasteiger partial charge >= 0.3 is 5.97 Å². The molecule has 3 aromatic rings. The van der Waals surface area contributed by atoms with E-state index >= 15 is 0 Å². The van der Waals surface area contributed by atoms with Crippen LogP contribution in [-0.2, 0) is 16.6 Å². The van der Waals surface area contributed by atoms with Crippen molar-refractivity contribution in [1.82, 2.24) is 0 Å². The van der Waals surface area contributed by atoms with Crippen LogP contribution >= 0.6 is 0 Å². The van der Waals surface area contributed by atoms with E-state index in [4.69, 9.17) is 4.74 Å². The quantitative estimate of drug-likeness (QED) is 0.233. The largest absolute Gasteiger partial charge is 0.423 e. The van der Waals surface area contributed by atoms with Crippen LogP contribution in [-0.4, -0.2) is 12.0 Å². The molecule has 172 valence electrons. The standard InChI is InChI=1S/C31H31NO2/c1-6-9-25-21(4)12-18-27-29(25)31(5)26-11-8-7-10-22(26)13-19-28(31)32(27)23-14-16-24(17-15-23)34-30(33)20(2)3/h7-8,10-19,28H,2,6,9H2,1,3-5H3. The molecule has 0 amide bonds. The molecule has 1 aliphatic heterocycles. The number of esters is 1. The number of rotatable bonds is 5. The highest BCUT2D eigenvalue weighted by atomic mass is 16.5. The Morgan fingerprint density at radius 2 is 1.82 bits per heavy atom. The normalized spacial score (nSPS) is 19.9. The van der Waals surface area contributed by atoms with E-state index in [1.54, 1.807) is 6.92 Å². The van der Waals surface area contributed by atoms with Crippen LogP contribution in [0.15, 0.2) is 78.9 Å². The van der Waals surface area contributed by atoms with E-state index in [-0.39, 0.29) is 11.5 Å². The van der Waals surface area contributed by atoms with Gasteiger partial charge < -0.3 is 9.64 Å². The van der Waals surface area contributed by atoms with Gasteiger partial charge in [0.1, 0.15) is 5.75 Å². The molecule has 0 fully saturated rings. The molecule has 0 saturated heterocycles. The summed E-state index contributed by atoms with van der Waals surface area (Å²) in [5.74, 6) is 0.123. The van der Waals surface area contributed by atoms with Gasteiger partial charge in [0.15, 0.2) is 0 Å². The van der Waals surface area contributed by atoms with Crippen molar-refractivity contribution in [3.05, 3.63) is 107 Å². The zero-order valence-electron chi connectivity index (χ0n) is 20.4. The number of aryl methyl sites for hydroxylation is 1. The zero-order valence-corrected chi connectivity index (χ0v) is 20.4. The highest BCUT2D eigenvalue weighted by Crippen LogP contribution is 2.56. The van der Waals surface area contributed by atoms with Crippen molar-refractivity contribution in [3.63, 3.8) is 0 Å². The maximum absolute atomic E-state index is 12.0. The predicted molar refractivity (Wildman–Crippen MR) is 140 cm³/mol. The number of fused-ring (bicyclic) bond motifs is 5. The highest BCUT2D eigenvalue weighted by Gasteiger charge is 2.51. The first-order chi connectivity index (χ1) is 16.4. The number of benzene rings is 3. The predicted octanol–water partition coefficient (Wildman–Crippen LogP) is 7.28. The van der Waals surface area contributed by atoms with E-state index in [9.17, 15) is 4.79 Å². The summed E-state index contributed by atoms with van der Waals surface area (Å²) in [5.41, 5.74) is 9.49. The fourth-order valence-electron chi connectivity index (χ4n) is 5.70. The van der Waals surface area contributed by atoms with E-state index in [0.717, 1.165) is 18.5 Å². The van der Waals surface area contributed by atoms with Gasteiger partial charge in [-0.3, -0.25) is 0 Å². The van der Waals surface area contributed by atoms with Gasteiger partial charge in [-0.25, -0.2) is 4.79 Å². The lowest BCUT2D eigenvalue weighted by molar-refractivity contribution is -0.130. The molecule has 2 aliphatic rings. The molecule has 2 unspecified atom stereocenters. The number of carbonyl (C=O) groups excluding carboxylic acids is 1. The van der Waals surface area contributed by atoms with Gasteiger partial charge in [-0.05, 0) is 85.3 Å². The molecular formula is C31H31NO2. The molecule has 2 atom stereocenters. The Kier molecular flexibility index (Phi) is 5.44. The number of anilines is 2. The number of carbonyl (C=O) groups is 1. The summed E-state index contributed by atoms with van der Waals surface area (Å²) in [6.07, 6.45) is 6.78. The molecule has 0 radical (unpaired) electrons. The van der Waals surface area contributed by atoms with E-state index in [1.807, 2.05) is 24.3 Å². The molecular weight excluding hydrogens is 418 g/mol. The van der Waals surface area contributed by atoms with Crippen molar-refractivity contribution >= 4 is 23.4 Å². The summed E-state index contributed by atoms with van der Waals surface area (Å²) in [7, 11) is 0. The lowest BCUT2D eigenvalue weighted by atomic mass is 9.66. The highest BCUT2D eigenvalue weighted by molar-refractivity contribution is 5.89. The van der Waals surface area contributed by atoms with Gasteiger partial charge in [-0.2, -0.15) is 0 Å². The summed E-state index contributed by atoms with van der Waals surface area (Å²) >= 11 is 0. The molecule has 34 heavy (non-hydrogen) atoms. The Labute approximate surface area is 202 Å².